The number of rotatable bonds is 4. The maximum Gasteiger partial charge on any atom is 0.210 e. The Morgan fingerprint density at radius 1 is 1.12 bits per heavy atom. The molecule has 168 valence electrons. The third-order valence-electron chi connectivity index (χ3n) is 6.54. The van der Waals surface area contributed by atoms with Crippen LogP contribution in [0.25, 0.3) is 39.0 Å². The number of hydrogen-bond acceptors (Lipinski definition) is 5. The average Bonchev–Trinajstić information content (AvgIpc) is 3.54. The molecule has 0 bridgehead atoms. The largest absolute Gasteiger partial charge is 0.338 e. The highest BCUT2D eigenvalue weighted by Gasteiger charge is 2.26. The molecule has 1 amide bonds. The quantitative estimate of drug-likeness (QED) is 0.438. The summed E-state index contributed by atoms with van der Waals surface area (Å²) in [5.41, 5.74) is 7.40. The van der Waals surface area contributed by atoms with Crippen molar-refractivity contribution in [1.29, 1.82) is 0 Å². The van der Waals surface area contributed by atoms with Crippen LogP contribution in [0.4, 0.5) is 0 Å². The van der Waals surface area contributed by atoms with Crippen molar-refractivity contribution in [3.8, 4) is 22.5 Å². The molecule has 3 aromatic heterocycles. The third kappa shape index (κ3) is 3.38. The lowest BCUT2D eigenvalue weighted by atomic mass is 10.0. The number of aryl methyl sites for hydroxylation is 2. The Kier molecular flexibility index (Phi) is 4.86. The van der Waals surface area contributed by atoms with E-state index in [0.29, 0.717) is 13.1 Å². The number of nitrogens with zero attached hydrogens (tertiary/aromatic N) is 7. The Bertz CT molecular complexity index is 1410. The summed E-state index contributed by atoms with van der Waals surface area (Å²) in [6, 6.07) is 6.41. The second-order valence-electron chi connectivity index (χ2n) is 8.62. The second kappa shape index (κ2) is 7.91. The van der Waals surface area contributed by atoms with Gasteiger partial charge in [-0.25, -0.2) is 4.98 Å². The number of fused-ring (bicyclic) bond motifs is 2. The first-order chi connectivity index (χ1) is 16.1. The van der Waals surface area contributed by atoms with Crippen molar-refractivity contribution in [2.24, 2.45) is 14.1 Å². The smallest absolute Gasteiger partial charge is 0.210 e. The maximum absolute atomic E-state index is 11.6. The van der Waals surface area contributed by atoms with Crippen molar-refractivity contribution in [3.63, 3.8) is 0 Å². The molecule has 5 heterocycles. The summed E-state index contributed by atoms with van der Waals surface area (Å²) in [5, 5.41) is 10.2. The molecular formula is C24H25N7OS. The summed E-state index contributed by atoms with van der Waals surface area (Å²) in [5.74, 6) is 3.22. The molecule has 2 aliphatic heterocycles. The lowest BCUT2D eigenvalue weighted by Gasteiger charge is -2.27. The minimum Gasteiger partial charge on any atom is -0.338 e. The number of allylic oxidation sites excluding steroid dienone is 1. The van der Waals surface area contributed by atoms with Crippen LogP contribution >= 0.6 is 11.8 Å². The van der Waals surface area contributed by atoms with Gasteiger partial charge in [-0.1, -0.05) is 12.1 Å². The molecule has 33 heavy (non-hydrogen) atoms. The normalized spacial score (nSPS) is 16.2. The Balaban J connectivity index is 1.53. The monoisotopic (exact) mass is 459 g/mol. The van der Waals surface area contributed by atoms with E-state index in [1.54, 1.807) is 4.68 Å². The highest BCUT2D eigenvalue weighted by molar-refractivity contribution is 7.99. The molecule has 0 fully saturated rings. The first-order valence-electron chi connectivity index (χ1n) is 11.1. The van der Waals surface area contributed by atoms with Gasteiger partial charge in [0.1, 0.15) is 11.5 Å². The Hall–Kier alpha value is -3.33. The second-order valence-corrected chi connectivity index (χ2v) is 9.77. The van der Waals surface area contributed by atoms with Crippen LogP contribution in [0.5, 0.6) is 0 Å². The lowest BCUT2D eigenvalue weighted by Crippen LogP contribution is -2.33. The van der Waals surface area contributed by atoms with Crippen LogP contribution in [-0.2, 0) is 32.0 Å². The molecular weight excluding hydrogens is 434 g/mol. The molecule has 1 aromatic carbocycles. The highest BCUT2D eigenvalue weighted by atomic mass is 32.2. The van der Waals surface area contributed by atoms with E-state index in [2.05, 4.69) is 33.9 Å². The van der Waals surface area contributed by atoms with E-state index in [-0.39, 0.29) is 0 Å². The van der Waals surface area contributed by atoms with Crippen molar-refractivity contribution >= 4 is 34.6 Å². The number of benzene rings is 1. The van der Waals surface area contributed by atoms with Crippen LogP contribution in [0.15, 0.2) is 36.7 Å². The Morgan fingerprint density at radius 3 is 2.79 bits per heavy atom. The standard InChI is InChI=1S/C24H25N7OS/c1-28-13-18(12-25-28)22-19-11-17(3-4-20(19)29(2)27-22)23-21-14-30(15-32)7-8-31(21)24(26-23)16-5-9-33-10-6-16/h3-5,11-13,15H,6-10,14H2,1-2H3. The van der Waals surface area contributed by atoms with E-state index in [0.717, 1.165) is 75.8 Å². The van der Waals surface area contributed by atoms with Gasteiger partial charge in [-0.05, 0) is 29.9 Å². The van der Waals surface area contributed by atoms with Gasteiger partial charge in [0.05, 0.1) is 29.6 Å². The van der Waals surface area contributed by atoms with Gasteiger partial charge in [-0.3, -0.25) is 14.2 Å². The topological polar surface area (TPSA) is 73.8 Å². The number of carbonyl (C=O) groups excluding carboxylic acids is 1. The number of thioether (sulfide) groups is 1. The van der Waals surface area contributed by atoms with Crippen molar-refractivity contribution in [2.75, 3.05) is 18.1 Å². The van der Waals surface area contributed by atoms with Crippen LogP contribution in [0, 0.1) is 0 Å². The summed E-state index contributed by atoms with van der Waals surface area (Å²) in [4.78, 5) is 18.6. The molecule has 0 radical (unpaired) electrons. The lowest BCUT2D eigenvalue weighted by molar-refractivity contribution is -0.119. The molecule has 0 saturated heterocycles. The van der Waals surface area contributed by atoms with Crippen molar-refractivity contribution in [2.45, 2.75) is 19.5 Å². The Morgan fingerprint density at radius 2 is 2.03 bits per heavy atom. The number of hydrogen-bond donors (Lipinski definition) is 0. The molecule has 0 aliphatic carbocycles. The van der Waals surface area contributed by atoms with Crippen LogP contribution in [0.1, 0.15) is 17.9 Å². The molecule has 0 atom stereocenters. The SMILES string of the molecule is Cn1cc(-c2nn(C)c3ccc(-c4nc(C5=CCSCC5)n5c4CN(C=O)CC5)cc23)cn1. The van der Waals surface area contributed by atoms with Gasteiger partial charge < -0.3 is 9.47 Å². The van der Waals surface area contributed by atoms with Crippen molar-refractivity contribution in [3.05, 3.63) is 48.2 Å². The summed E-state index contributed by atoms with van der Waals surface area (Å²) in [7, 11) is 3.88. The Labute approximate surface area is 195 Å². The van der Waals surface area contributed by atoms with Gasteiger partial charge in [0.25, 0.3) is 0 Å². The average molecular weight is 460 g/mol. The van der Waals surface area contributed by atoms with Crippen molar-refractivity contribution < 1.29 is 4.79 Å². The molecule has 2 aliphatic rings. The minimum absolute atomic E-state index is 0.578. The number of amides is 1. The van der Waals surface area contributed by atoms with Gasteiger partial charge in [0.15, 0.2) is 0 Å². The molecule has 0 N–H and O–H groups in total. The predicted octanol–water partition coefficient (Wildman–Crippen LogP) is 3.33. The summed E-state index contributed by atoms with van der Waals surface area (Å²) in [6.07, 6.45) is 8.12. The van der Waals surface area contributed by atoms with E-state index >= 15 is 0 Å². The zero-order chi connectivity index (χ0) is 22.5. The molecule has 0 unspecified atom stereocenters. The van der Waals surface area contributed by atoms with Gasteiger partial charge >= 0.3 is 0 Å². The summed E-state index contributed by atoms with van der Waals surface area (Å²) >= 11 is 1.96. The molecule has 0 saturated carbocycles. The van der Waals surface area contributed by atoms with Crippen LogP contribution in [-0.4, -0.2) is 58.5 Å². The summed E-state index contributed by atoms with van der Waals surface area (Å²) < 4.78 is 6.03. The van der Waals surface area contributed by atoms with Gasteiger partial charge in [-0.15, -0.1) is 0 Å². The molecule has 9 heteroatoms. The molecule has 6 rings (SSSR count). The van der Waals surface area contributed by atoms with Gasteiger partial charge in [0.2, 0.25) is 6.41 Å². The highest BCUT2D eigenvalue weighted by Crippen LogP contribution is 2.36. The maximum atomic E-state index is 11.6. The third-order valence-corrected chi connectivity index (χ3v) is 7.43. The van der Waals surface area contributed by atoms with E-state index in [4.69, 9.17) is 10.1 Å². The zero-order valence-corrected chi connectivity index (χ0v) is 19.5. The molecule has 0 spiro atoms. The predicted molar refractivity (Wildman–Crippen MR) is 131 cm³/mol. The van der Waals surface area contributed by atoms with E-state index in [1.165, 1.54) is 5.57 Å². The van der Waals surface area contributed by atoms with E-state index in [1.807, 2.05) is 47.8 Å². The first kappa shape index (κ1) is 20.3. The minimum atomic E-state index is 0.578. The van der Waals surface area contributed by atoms with E-state index in [9.17, 15) is 4.79 Å². The zero-order valence-electron chi connectivity index (χ0n) is 18.7. The van der Waals surface area contributed by atoms with E-state index < -0.39 is 0 Å². The van der Waals surface area contributed by atoms with Crippen molar-refractivity contribution in [1.82, 2.24) is 34.0 Å². The number of imidazole rings is 1. The number of aromatic nitrogens is 6. The molecule has 4 aromatic rings. The number of carbonyl (C=O) groups is 1. The van der Waals surface area contributed by atoms with Crippen LogP contribution in [0.2, 0.25) is 0 Å². The fourth-order valence-corrected chi connectivity index (χ4v) is 5.70. The van der Waals surface area contributed by atoms with Crippen LogP contribution < -0.4 is 0 Å². The summed E-state index contributed by atoms with van der Waals surface area (Å²) in [6.45, 7) is 2.07. The fraction of sp³-hybridized carbons (Fsp3) is 0.333. The van der Waals surface area contributed by atoms with Gasteiger partial charge in [0, 0.05) is 55.6 Å². The molecule has 8 nitrogen and oxygen atoms in total. The fourth-order valence-electron chi connectivity index (χ4n) is 4.85. The first-order valence-corrected chi connectivity index (χ1v) is 12.3. The van der Waals surface area contributed by atoms with Crippen LogP contribution in [0.3, 0.4) is 0 Å². The van der Waals surface area contributed by atoms with Gasteiger partial charge in [-0.2, -0.15) is 22.0 Å².